The molecule has 128 valence electrons. The summed E-state index contributed by atoms with van der Waals surface area (Å²) in [7, 11) is 0. The Morgan fingerprint density at radius 3 is 2.50 bits per heavy atom. The molecular weight excluding hydrogens is 326 g/mol. The van der Waals surface area contributed by atoms with Gasteiger partial charge in [0.15, 0.2) is 5.54 Å². The van der Waals surface area contributed by atoms with Gasteiger partial charge < -0.3 is 10.0 Å². The fourth-order valence-electron chi connectivity index (χ4n) is 3.07. The molecule has 0 radical (unpaired) electrons. The van der Waals surface area contributed by atoms with Gasteiger partial charge in [0, 0.05) is 37.5 Å². The lowest BCUT2D eigenvalue weighted by Gasteiger charge is -2.38. The van der Waals surface area contributed by atoms with E-state index >= 15 is 0 Å². The van der Waals surface area contributed by atoms with Gasteiger partial charge in [-0.2, -0.15) is 16.4 Å². The van der Waals surface area contributed by atoms with Crippen molar-refractivity contribution >= 4 is 23.2 Å². The smallest absolute Gasteiger partial charge is 0.331 e. The lowest BCUT2D eigenvalue weighted by molar-refractivity contribution is -0.150. The minimum absolute atomic E-state index is 0.0291. The van der Waals surface area contributed by atoms with Gasteiger partial charge in [0.25, 0.3) is 5.91 Å². The summed E-state index contributed by atoms with van der Waals surface area (Å²) in [6.45, 7) is 4.89. The molecule has 1 fully saturated rings. The predicted octanol–water partition coefficient (Wildman–Crippen LogP) is 2.78. The fourth-order valence-corrected chi connectivity index (χ4v) is 3.70. The van der Waals surface area contributed by atoms with Gasteiger partial charge in [0.1, 0.15) is 0 Å². The number of likely N-dealkylation sites (tertiary alicyclic amines) is 1. The van der Waals surface area contributed by atoms with Gasteiger partial charge in [-0.05, 0) is 23.4 Å². The van der Waals surface area contributed by atoms with E-state index in [1.165, 1.54) is 11.3 Å². The van der Waals surface area contributed by atoms with Gasteiger partial charge in [0.2, 0.25) is 0 Å². The van der Waals surface area contributed by atoms with Crippen molar-refractivity contribution in [2.45, 2.75) is 38.1 Å². The number of carboxylic acid groups (broad SMARTS) is 1. The number of piperidine rings is 1. The Labute approximate surface area is 144 Å². The van der Waals surface area contributed by atoms with Crippen LogP contribution in [-0.2, 0) is 10.3 Å². The average Bonchev–Trinajstić information content (AvgIpc) is 3.25. The number of amides is 1. The van der Waals surface area contributed by atoms with Crippen LogP contribution < -0.4 is 0 Å². The molecule has 1 amide bonds. The van der Waals surface area contributed by atoms with Crippen LogP contribution in [0.5, 0.6) is 0 Å². The molecule has 2 aromatic heterocycles. The van der Waals surface area contributed by atoms with Crippen molar-refractivity contribution in [1.29, 1.82) is 0 Å². The molecule has 1 saturated heterocycles. The molecule has 0 aromatic carbocycles. The van der Waals surface area contributed by atoms with E-state index in [2.05, 4.69) is 5.10 Å². The average molecular weight is 347 g/mol. The first-order chi connectivity index (χ1) is 11.4. The molecule has 0 spiro atoms. The second-order valence-electron chi connectivity index (χ2n) is 6.48. The first kappa shape index (κ1) is 16.7. The summed E-state index contributed by atoms with van der Waals surface area (Å²) >= 11 is 1.48. The number of nitrogens with zero attached hydrogens (tertiary/aromatic N) is 3. The SMILES string of the molecule is CC(C)c1ccn(C2(C(=O)O)CCN(C(=O)c3ccsc3)CC2)n1. The molecule has 0 saturated carbocycles. The summed E-state index contributed by atoms with van der Waals surface area (Å²) in [4.78, 5) is 26.2. The first-order valence-electron chi connectivity index (χ1n) is 8.05. The molecule has 24 heavy (non-hydrogen) atoms. The maximum Gasteiger partial charge on any atom is 0.331 e. The molecule has 0 atom stereocenters. The zero-order chi connectivity index (χ0) is 17.3. The van der Waals surface area contributed by atoms with Crippen molar-refractivity contribution in [2.75, 3.05) is 13.1 Å². The number of aliphatic carboxylic acids is 1. The predicted molar refractivity (Wildman–Crippen MR) is 91.4 cm³/mol. The second-order valence-corrected chi connectivity index (χ2v) is 7.26. The number of aromatic nitrogens is 2. The summed E-state index contributed by atoms with van der Waals surface area (Å²) in [5.41, 5.74) is 0.481. The van der Waals surface area contributed by atoms with Gasteiger partial charge in [-0.3, -0.25) is 9.48 Å². The topological polar surface area (TPSA) is 75.4 Å². The number of carbonyl (C=O) groups excluding carboxylic acids is 1. The minimum Gasteiger partial charge on any atom is -0.479 e. The number of hydrogen-bond acceptors (Lipinski definition) is 4. The maximum atomic E-state index is 12.4. The highest BCUT2D eigenvalue weighted by molar-refractivity contribution is 7.08. The minimum atomic E-state index is -1.07. The largest absolute Gasteiger partial charge is 0.479 e. The van der Waals surface area contributed by atoms with Crippen molar-refractivity contribution in [2.24, 2.45) is 0 Å². The van der Waals surface area contributed by atoms with E-state index in [1.807, 2.05) is 30.7 Å². The van der Waals surface area contributed by atoms with E-state index in [1.54, 1.807) is 21.8 Å². The molecule has 3 heterocycles. The van der Waals surface area contributed by atoms with Gasteiger partial charge in [0.05, 0.1) is 11.3 Å². The molecular formula is C17H21N3O3S. The molecule has 1 aliphatic rings. The molecule has 3 rings (SSSR count). The van der Waals surface area contributed by atoms with Crippen molar-refractivity contribution in [3.8, 4) is 0 Å². The Morgan fingerprint density at radius 2 is 2.00 bits per heavy atom. The van der Waals surface area contributed by atoms with Crippen molar-refractivity contribution < 1.29 is 14.7 Å². The molecule has 1 N–H and O–H groups in total. The third-order valence-corrected chi connectivity index (χ3v) is 5.37. The van der Waals surface area contributed by atoms with E-state index < -0.39 is 11.5 Å². The van der Waals surface area contributed by atoms with Crippen LogP contribution >= 0.6 is 11.3 Å². The first-order valence-corrected chi connectivity index (χ1v) is 8.99. The summed E-state index contributed by atoms with van der Waals surface area (Å²) in [5.74, 6) is -0.667. The zero-order valence-corrected chi connectivity index (χ0v) is 14.6. The Bertz CT molecular complexity index is 728. The summed E-state index contributed by atoms with van der Waals surface area (Å²) in [6.07, 6.45) is 2.47. The van der Waals surface area contributed by atoms with Gasteiger partial charge >= 0.3 is 5.97 Å². The van der Waals surface area contributed by atoms with Crippen LogP contribution in [-0.4, -0.2) is 44.8 Å². The Hall–Kier alpha value is -2.15. The highest BCUT2D eigenvalue weighted by Crippen LogP contribution is 2.31. The van der Waals surface area contributed by atoms with Crippen LogP contribution in [0.25, 0.3) is 0 Å². The number of rotatable bonds is 4. The molecule has 6 nitrogen and oxygen atoms in total. The maximum absolute atomic E-state index is 12.4. The van der Waals surface area contributed by atoms with E-state index in [4.69, 9.17) is 0 Å². The summed E-state index contributed by atoms with van der Waals surface area (Å²) in [5, 5.41) is 18.0. The van der Waals surface area contributed by atoms with E-state index in [9.17, 15) is 14.7 Å². The van der Waals surface area contributed by atoms with Crippen LogP contribution in [0.4, 0.5) is 0 Å². The highest BCUT2D eigenvalue weighted by atomic mass is 32.1. The summed E-state index contributed by atoms with van der Waals surface area (Å²) in [6, 6.07) is 3.67. The van der Waals surface area contributed by atoms with Crippen LogP contribution in [0, 0.1) is 0 Å². The number of thiophene rings is 1. The third kappa shape index (κ3) is 2.84. The Balaban J connectivity index is 1.79. The zero-order valence-electron chi connectivity index (χ0n) is 13.8. The molecule has 2 aromatic rings. The standard InChI is InChI=1S/C17H21N3O3S/c1-12(2)14-3-7-20(18-14)17(16(22)23)5-8-19(9-6-17)15(21)13-4-10-24-11-13/h3-4,7,10-12H,5-6,8-9H2,1-2H3,(H,22,23). The van der Waals surface area contributed by atoms with E-state index in [-0.39, 0.29) is 11.8 Å². The van der Waals surface area contributed by atoms with Gasteiger partial charge in [-0.15, -0.1) is 0 Å². The molecule has 0 bridgehead atoms. The Kier molecular flexibility index (Phi) is 4.45. The molecule has 1 aliphatic heterocycles. The molecule has 7 heteroatoms. The lowest BCUT2D eigenvalue weighted by Crippen LogP contribution is -2.52. The van der Waals surface area contributed by atoms with E-state index in [0.29, 0.717) is 31.5 Å². The van der Waals surface area contributed by atoms with Crippen molar-refractivity contribution in [3.63, 3.8) is 0 Å². The fraction of sp³-hybridized carbons (Fsp3) is 0.471. The van der Waals surface area contributed by atoms with Crippen molar-refractivity contribution in [3.05, 3.63) is 40.3 Å². The second kappa shape index (κ2) is 6.39. The van der Waals surface area contributed by atoms with Crippen molar-refractivity contribution in [1.82, 2.24) is 14.7 Å². The third-order valence-electron chi connectivity index (χ3n) is 4.68. The van der Waals surface area contributed by atoms with Crippen LogP contribution in [0.1, 0.15) is 48.7 Å². The molecule has 0 aliphatic carbocycles. The van der Waals surface area contributed by atoms with Crippen LogP contribution in [0.3, 0.4) is 0 Å². The highest BCUT2D eigenvalue weighted by Gasteiger charge is 2.45. The van der Waals surface area contributed by atoms with Gasteiger partial charge in [-0.1, -0.05) is 13.8 Å². The number of hydrogen-bond donors (Lipinski definition) is 1. The number of carbonyl (C=O) groups is 2. The van der Waals surface area contributed by atoms with Crippen LogP contribution in [0.2, 0.25) is 0 Å². The normalized spacial score (nSPS) is 17.2. The van der Waals surface area contributed by atoms with Crippen LogP contribution in [0.15, 0.2) is 29.1 Å². The van der Waals surface area contributed by atoms with E-state index in [0.717, 1.165) is 5.69 Å². The quantitative estimate of drug-likeness (QED) is 0.923. The molecule has 0 unspecified atom stereocenters. The van der Waals surface area contributed by atoms with Gasteiger partial charge in [-0.25, -0.2) is 4.79 Å². The summed E-state index contributed by atoms with van der Waals surface area (Å²) < 4.78 is 1.58. The Morgan fingerprint density at radius 1 is 1.29 bits per heavy atom. The number of carboxylic acids is 1. The monoisotopic (exact) mass is 347 g/mol. The lowest BCUT2D eigenvalue weighted by atomic mass is 9.87.